The van der Waals surface area contributed by atoms with E-state index < -0.39 is 0 Å². The second-order valence-corrected chi connectivity index (χ2v) is 4.69. The summed E-state index contributed by atoms with van der Waals surface area (Å²) in [6.07, 6.45) is 10.2. The fraction of sp³-hybridized carbons (Fsp3) is 0.750. The van der Waals surface area contributed by atoms with Gasteiger partial charge in [-0.1, -0.05) is 19.8 Å². The number of rotatable bonds is 3. The van der Waals surface area contributed by atoms with E-state index in [1.54, 1.807) is 0 Å². The zero-order chi connectivity index (χ0) is 10.7. The molecule has 15 heavy (non-hydrogen) atoms. The smallest absolute Gasteiger partial charge is 0.0672 e. The zero-order valence-corrected chi connectivity index (χ0v) is 9.47. The highest BCUT2D eigenvalue weighted by Gasteiger charge is 2.28. The van der Waals surface area contributed by atoms with Gasteiger partial charge in [0.1, 0.15) is 0 Å². The van der Waals surface area contributed by atoms with E-state index in [2.05, 4.69) is 12.0 Å². The van der Waals surface area contributed by atoms with Gasteiger partial charge in [0, 0.05) is 18.4 Å². The molecule has 0 saturated heterocycles. The summed E-state index contributed by atoms with van der Waals surface area (Å²) < 4.78 is 2.05. The van der Waals surface area contributed by atoms with Crippen molar-refractivity contribution in [3.05, 3.63) is 18.5 Å². The van der Waals surface area contributed by atoms with Crippen LogP contribution in [0.2, 0.25) is 0 Å². The van der Waals surface area contributed by atoms with Crippen LogP contribution in [-0.4, -0.2) is 15.8 Å². The summed E-state index contributed by atoms with van der Waals surface area (Å²) >= 11 is 0. The van der Waals surface area contributed by atoms with Crippen LogP contribution >= 0.6 is 0 Å². The van der Waals surface area contributed by atoms with E-state index in [9.17, 15) is 0 Å². The summed E-state index contributed by atoms with van der Waals surface area (Å²) in [7, 11) is 0. The predicted octanol–water partition coefficient (Wildman–Crippen LogP) is 2.35. The Bertz CT molecular complexity index is 281. The van der Waals surface area contributed by atoms with Gasteiger partial charge in [-0.2, -0.15) is 5.10 Å². The molecule has 3 nitrogen and oxygen atoms in total. The van der Waals surface area contributed by atoms with E-state index in [1.165, 1.54) is 25.7 Å². The minimum atomic E-state index is 0.290. The van der Waals surface area contributed by atoms with Crippen molar-refractivity contribution in [1.29, 1.82) is 0 Å². The highest BCUT2D eigenvalue weighted by molar-refractivity contribution is 4.90. The largest absolute Gasteiger partial charge is 0.326 e. The maximum atomic E-state index is 6.17. The summed E-state index contributed by atoms with van der Waals surface area (Å²) in [5.41, 5.74) is 6.17. The molecule has 0 spiro atoms. The van der Waals surface area contributed by atoms with E-state index in [0.29, 0.717) is 6.04 Å². The monoisotopic (exact) mass is 207 g/mol. The fourth-order valence-corrected chi connectivity index (χ4v) is 2.71. The fourth-order valence-electron chi connectivity index (χ4n) is 2.71. The third kappa shape index (κ3) is 2.40. The molecule has 0 amide bonds. The van der Waals surface area contributed by atoms with E-state index in [4.69, 9.17) is 5.73 Å². The normalized spacial score (nSPS) is 31.7. The van der Waals surface area contributed by atoms with Gasteiger partial charge in [0.25, 0.3) is 0 Å². The van der Waals surface area contributed by atoms with Crippen molar-refractivity contribution in [1.82, 2.24) is 9.78 Å². The van der Waals surface area contributed by atoms with Crippen LogP contribution in [0.4, 0.5) is 0 Å². The first-order valence-electron chi connectivity index (χ1n) is 6.06. The molecule has 1 aliphatic rings. The molecule has 1 heterocycles. The topological polar surface area (TPSA) is 43.8 Å². The summed E-state index contributed by atoms with van der Waals surface area (Å²) in [5.74, 6) is 0.851. The molecular formula is C12H21N3. The van der Waals surface area contributed by atoms with E-state index in [0.717, 1.165) is 12.3 Å². The quantitative estimate of drug-likeness (QED) is 0.826. The maximum absolute atomic E-state index is 6.17. The summed E-state index contributed by atoms with van der Waals surface area (Å²) in [6, 6.07) is 2.69. The lowest BCUT2D eigenvalue weighted by molar-refractivity contribution is 0.212. The van der Waals surface area contributed by atoms with E-state index >= 15 is 0 Å². The van der Waals surface area contributed by atoms with Crippen LogP contribution in [0.3, 0.4) is 0 Å². The van der Waals surface area contributed by atoms with Crippen LogP contribution in [0.5, 0.6) is 0 Å². The minimum Gasteiger partial charge on any atom is -0.326 e. The first-order chi connectivity index (χ1) is 7.31. The highest BCUT2D eigenvalue weighted by atomic mass is 15.3. The SMILES string of the molecule is CCCC1CCC(N)C(n2cccn2)C1. The molecule has 1 saturated carbocycles. The summed E-state index contributed by atoms with van der Waals surface area (Å²) in [5, 5.41) is 4.32. The lowest BCUT2D eigenvalue weighted by Crippen LogP contribution is -2.38. The number of hydrogen-bond donors (Lipinski definition) is 1. The van der Waals surface area contributed by atoms with Gasteiger partial charge in [0.2, 0.25) is 0 Å². The summed E-state index contributed by atoms with van der Waals surface area (Å²) in [4.78, 5) is 0. The van der Waals surface area contributed by atoms with Crippen LogP contribution in [0.25, 0.3) is 0 Å². The third-order valence-electron chi connectivity index (χ3n) is 3.54. The average Bonchev–Trinajstić information content (AvgIpc) is 2.74. The first kappa shape index (κ1) is 10.7. The van der Waals surface area contributed by atoms with Gasteiger partial charge >= 0.3 is 0 Å². The summed E-state index contributed by atoms with van der Waals surface area (Å²) in [6.45, 7) is 2.26. The van der Waals surface area contributed by atoms with E-state index in [-0.39, 0.29) is 6.04 Å². The highest BCUT2D eigenvalue weighted by Crippen LogP contribution is 2.33. The maximum Gasteiger partial charge on any atom is 0.0672 e. The Hall–Kier alpha value is -0.830. The Balaban J connectivity index is 2.02. The molecule has 3 heteroatoms. The molecule has 0 aromatic carbocycles. The molecular weight excluding hydrogens is 186 g/mol. The Morgan fingerprint density at radius 1 is 1.47 bits per heavy atom. The molecule has 0 bridgehead atoms. The van der Waals surface area contributed by atoms with Crippen molar-refractivity contribution in [3.63, 3.8) is 0 Å². The van der Waals surface area contributed by atoms with Gasteiger partial charge in [-0.05, 0) is 31.2 Å². The van der Waals surface area contributed by atoms with Crippen LogP contribution in [-0.2, 0) is 0 Å². The number of nitrogens with zero attached hydrogens (tertiary/aromatic N) is 2. The second kappa shape index (κ2) is 4.79. The van der Waals surface area contributed by atoms with Crippen LogP contribution < -0.4 is 5.73 Å². The minimum absolute atomic E-state index is 0.290. The van der Waals surface area contributed by atoms with Gasteiger partial charge in [0.05, 0.1) is 6.04 Å². The van der Waals surface area contributed by atoms with Crippen molar-refractivity contribution in [2.24, 2.45) is 11.7 Å². The average molecular weight is 207 g/mol. The Labute approximate surface area is 91.7 Å². The standard InChI is InChI=1S/C12H21N3/c1-2-4-10-5-6-11(13)12(9-10)15-8-3-7-14-15/h3,7-8,10-12H,2,4-6,9,13H2,1H3. The molecule has 1 aromatic heterocycles. The van der Waals surface area contributed by atoms with Gasteiger partial charge in [-0.25, -0.2) is 0 Å². The molecule has 1 aliphatic carbocycles. The van der Waals surface area contributed by atoms with Crippen molar-refractivity contribution in [2.45, 2.75) is 51.1 Å². The van der Waals surface area contributed by atoms with Crippen LogP contribution in [0.15, 0.2) is 18.5 Å². The Morgan fingerprint density at radius 2 is 2.33 bits per heavy atom. The van der Waals surface area contributed by atoms with Gasteiger partial charge in [0.15, 0.2) is 0 Å². The van der Waals surface area contributed by atoms with Crippen molar-refractivity contribution in [2.75, 3.05) is 0 Å². The number of nitrogens with two attached hydrogens (primary N) is 1. The van der Waals surface area contributed by atoms with Crippen molar-refractivity contribution in [3.8, 4) is 0 Å². The molecule has 0 radical (unpaired) electrons. The van der Waals surface area contributed by atoms with Gasteiger partial charge in [-0.3, -0.25) is 4.68 Å². The van der Waals surface area contributed by atoms with Crippen LogP contribution in [0.1, 0.15) is 45.1 Å². The lowest BCUT2D eigenvalue weighted by Gasteiger charge is -2.34. The van der Waals surface area contributed by atoms with Crippen molar-refractivity contribution < 1.29 is 0 Å². The first-order valence-corrected chi connectivity index (χ1v) is 6.06. The molecule has 84 valence electrons. The molecule has 2 rings (SSSR count). The molecule has 3 unspecified atom stereocenters. The second-order valence-electron chi connectivity index (χ2n) is 4.69. The Morgan fingerprint density at radius 3 is 3.00 bits per heavy atom. The zero-order valence-electron chi connectivity index (χ0n) is 9.47. The van der Waals surface area contributed by atoms with Crippen LogP contribution in [0, 0.1) is 5.92 Å². The van der Waals surface area contributed by atoms with E-state index in [1.807, 2.05) is 23.1 Å². The molecule has 1 aromatic rings. The lowest BCUT2D eigenvalue weighted by atomic mass is 9.80. The Kier molecular flexibility index (Phi) is 3.41. The van der Waals surface area contributed by atoms with Gasteiger partial charge in [-0.15, -0.1) is 0 Å². The number of hydrogen-bond acceptors (Lipinski definition) is 2. The number of aromatic nitrogens is 2. The van der Waals surface area contributed by atoms with Crippen molar-refractivity contribution >= 4 is 0 Å². The molecule has 1 fully saturated rings. The molecule has 2 N–H and O–H groups in total. The predicted molar refractivity (Wildman–Crippen MR) is 61.5 cm³/mol. The molecule has 3 atom stereocenters. The third-order valence-corrected chi connectivity index (χ3v) is 3.54. The van der Waals surface area contributed by atoms with Gasteiger partial charge < -0.3 is 5.73 Å². The molecule has 0 aliphatic heterocycles.